The van der Waals surface area contributed by atoms with Crippen LogP contribution in [0.25, 0.3) is 0 Å². The molecule has 4 unspecified atom stereocenters. The van der Waals surface area contributed by atoms with Gasteiger partial charge in [0.25, 0.3) is 0 Å². The zero-order valence-corrected chi connectivity index (χ0v) is 22.4. The van der Waals surface area contributed by atoms with Gasteiger partial charge in [0.1, 0.15) is 18.1 Å². The second-order valence-corrected chi connectivity index (χ2v) is 9.33. The minimum Gasteiger partial charge on any atom is -0.480 e. The van der Waals surface area contributed by atoms with Crippen molar-refractivity contribution >= 4 is 41.5 Å². The lowest BCUT2D eigenvalue weighted by Gasteiger charge is -2.25. The van der Waals surface area contributed by atoms with Crippen molar-refractivity contribution in [3.8, 4) is 0 Å². The summed E-state index contributed by atoms with van der Waals surface area (Å²) in [7, 11) is 0. The first-order valence-electron chi connectivity index (χ1n) is 12.4. The molecule has 0 saturated heterocycles. The van der Waals surface area contributed by atoms with Crippen LogP contribution in [0.5, 0.6) is 0 Å². The molecule has 0 spiro atoms. The summed E-state index contributed by atoms with van der Waals surface area (Å²) in [5, 5.41) is 16.6. The van der Waals surface area contributed by atoms with Crippen LogP contribution in [0.3, 0.4) is 0 Å². The lowest BCUT2D eigenvalue weighted by Crippen LogP contribution is -2.57. The van der Waals surface area contributed by atoms with E-state index < -0.39 is 60.2 Å². The monoisotopic (exact) mass is 557 g/mol. The first-order valence-corrected chi connectivity index (χ1v) is 12.4. The van der Waals surface area contributed by atoms with Crippen LogP contribution in [0.2, 0.25) is 0 Å². The fraction of sp³-hybridized carbons (Fsp3) is 0.682. The molecule has 4 atom stereocenters. The molecule has 0 bridgehead atoms. The van der Waals surface area contributed by atoms with E-state index in [0.29, 0.717) is 12.8 Å². The topological polar surface area (TPSA) is 323 Å². The molecule has 0 saturated carbocycles. The smallest absolute Gasteiger partial charge is 0.326 e. The van der Waals surface area contributed by atoms with E-state index in [9.17, 15) is 29.1 Å². The number of rotatable bonds is 19. The number of carboxylic acid groups (broad SMARTS) is 1. The van der Waals surface area contributed by atoms with E-state index in [2.05, 4.69) is 25.9 Å². The van der Waals surface area contributed by atoms with Gasteiger partial charge in [-0.3, -0.25) is 29.2 Å². The number of amides is 4. The van der Waals surface area contributed by atoms with Crippen LogP contribution in [0.15, 0.2) is 9.98 Å². The van der Waals surface area contributed by atoms with Crippen LogP contribution in [0, 0.1) is 5.92 Å². The van der Waals surface area contributed by atoms with Crippen molar-refractivity contribution in [1.29, 1.82) is 0 Å². The third-order valence-corrected chi connectivity index (χ3v) is 5.24. The van der Waals surface area contributed by atoms with Gasteiger partial charge in [0.15, 0.2) is 11.9 Å². The molecule has 0 fully saturated rings. The Bertz CT molecular complexity index is 901. The Morgan fingerprint density at radius 2 is 1.13 bits per heavy atom. The summed E-state index contributed by atoms with van der Waals surface area (Å²) in [6.07, 6.45) is 0.345. The third kappa shape index (κ3) is 16.3. The van der Waals surface area contributed by atoms with Crippen molar-refractivity contribution in [2.24, 2.45) is 50.3 Å². The van der Waals surface area contributed by atoms with Crippen LogP contribution >= 0.6 is 0 Å². The van der Waals surface area contributed by atoms with Crippen LogP contribution in [0.1, 0.15) is 52.4 Å². The summed E-state index contributed by atoms with van der Waals surface area (Å²) in [6, 6.07) is -4.86. The van der Waals surface area contributed by atoms with E-state index in [0.717, 1.165) is 0 Å². The van der Waals surface area contributed by atoms with Crippen molar-refractivity contribution in [2.45, 2.75) is 76.5 Å². The van der Waals surface area contributed by atoms with Gasteiger partial charge in [-0.15, -0.1) is 0 Å². The highest BCUT2D eigenvalue weighted by atomic mass is 16.4. The number of nitrogens with one attached hydrogen (secondary N) is 3. The second kappa shape index (κ2) is 18.2. The zero-order chi connectivity index (χ0) is 30.1. The van der Waals surface area contributed by atoms with Gasteiger partial charge in [0, 0.05) is 13.1 Å². The minimum atomic E-state index is -1.61. The van der Waals surface area contributed by atoms with E-state index in [-0.39, 0.29) is 50.2 Å². The maximum Gasteiger partial charge on any atom is 0.326 e. The Morgan fingerprint density at radius 1 is 0.718 bits per heavy atom. The average molecular weight is 558 g/mol. The molecule has 0 aromatic carbocycles. The summed E-state index contributed by atoms with van der Waals surface area (Å²) >= 11 is 0. The summed E-state index contributed by atoms with van der Waals surface area (Å²) in [5.41, 5.74) is 32.3. The Balaban J connectivity index is 5.78. The Labute approximate surface area is 226 Å². The molecular weight excluding hydrogens is 514 g/mol. The Hall–Kier alpha value is -4.15. The molecule has 17 heteroatoms. The molecule has 0 aromatic heterocycles. The van der Waals surface area contributed by atoms with Gasteiger partial charge in [-0.2, -0.15) is 0 Å². The number of hydrogen-bond donors (Lipinski definition) is 10. The van der Waals surface area contributed by atoms with Crippen LogP contribution in [-0.2, 0) is 24.0 Å². The number of carboxylic acids is 1. The van der Waals surface area contributed by atoms with E-state index in [1.54, 1.807) is 0 Å². The number of aliphatic imine (C=N–C) groups is 2. The minimum absolute atomic E-state index is 0.00120. The molecule has 4 amide bonds. The first kappa shape index (κ1) is 34.9. The maximum atomic E-state index is 13.2. The summed E-state index contributed by atoms with van der Waals surface area (Å²) in [6.45, 7) is 4.08. The van der Waals surface area contributed by atoms with Gasteiger partial charge in [-0.25, -0.2) is 4.79 Å². The SMILES string of the molecule is CC(C)CC(N)C(=O)NC(CCCN=C(N)N)C(=O)NC(CCCN=C(N)N)C(=O)NC(CC(N)=O)C(=O)O. The van der Waals surface area contributed by atoms with Crippen molar-refractivity contribution in [2.75, 3.05) is 13.1 Å². The van der Waals surface area contributed by atoms with Gasteiger partial charge >= 0.3 is 5.97 Å². The van der Waals surface area contributed by atoms with E-state index in [4.69, 9.17) is 34.4 Å². The molecule has 0 aliphatic carbocycles. The van der Waals surface area contributed by atoms with Gasteiger partial charge in [-0.05, 0) is 38.0 Å². The highest BCUT2D eigenvalue weighted by molar-refractivity contribution is 5.94. The standard InChI is InChI=1S/C22H43N11O6/c1-11(2)9-12(23)17(35)31-13(5-3-7-29-21(25)26)18(36)32-14(6-4-8-30-22(27)28)19(37)33-15(20(38)39)10-16(24)34/h11-15H,3-10,23H2,1-2H3,(H2,24,34)(H,31,35)(H,32,36)(H,33,37)(H,38,39)(H4,25,26,29)(H4,27,28,30). The lowest BCUT2D eigenvalue weighted by atomic mass is 10.0. The normalized spacial score (nSPS) is 13.7. The molecule has 0 aromatic rings. The molecule has 39 heavy (non-hydrogen) atoms. The third-order valence-electron chi connectivity index (χ3n) is 5.24. The number of aliphatic carboxylic acids is 1. The Morgan fingerprint density at radius 3 is 1.49 bits per heavy atom. The highest BCUT2D eigenvalue weighted by Gasteiger charge is 2.30. The zero-order valence-electron chi connectivity index (χ0n) is 22.4. The van der Waals surface area contributed by atoms with Crippen molar-refractivity contribution < 1.29 is 29.1 Å². The lowest BCUT2D eigenvalue weighted by molar-refractivity contribution is -0.143. The molecule has 16 N–H and O–H groups in total. The van der Waals surface area contributed by atoms with Crippen LogP contribution in [-0.4, -0.2) is 83.9 Å². The number of carbonyl (C=O) groups is 5. The average Bonchev–Trinajstić information content (AvgIpc) is 2.80. The van der Waals surface area contributed by atoms with Gasteiger partial charge in [0.2, 0.25) is 23.6 Å². The predicted molar refractivity (Wildman–Crippen MR) is 144 cm³/mol. The number of nitrogens with zero attached hydrogens (tertiary/aromatic N) is 2. The van der Waals surface area contributed by atoms with Gasteiger partial charge < -0.3 is 55.5 Å². The molecule has 0 radical (unpaired) electrons. The molecular formula is C22H43N11O6. The number of nitrogens with two attached hydrogens (primary N) is 6. The highest BCUT2D eigenvalue weighted by Crippen LogP contribution is 2.07. The van der Waals surface area contributed by atoms with E-state index in [1.165, 1.54) is 0 Å². The number of primary amides is 1. The van der Waals surface area contributed by atoms with E-state index in [1.807, 2.05) is 13.8 Å². The second-order valence-electron chi connectivity index (χ2n) is 9.33. The van der Waals surface area contributed by atoms with Gasteiger partial charge in [0.05, 0.1) is 12.5 Å². The largest absolute Gasteiger partial charge is 0.480 e. The van der Waals surface area contributed by atoms with Crippen molar-refractivity contribution in [1.82, 2.24) is 16.0 Å². The number of guanidine groups is 2. The molecule has 0 aliphatic heterocycles. The fourth-order valence-corrected chi connectivity index (χ4v) is 3.38. The van der Waals surface area contributed by atoms with Crippen molar-refractivity contribution in [3.05, 3.63) is 0 Å². The molecule has 0 rings (SSSR count). The maximum absolute atomic E-state index is 13.2. The summed E-state index contributed by atoms with van der Waals surface area (Å²) in [5.74, 6) is -4.80. The number of hydrogen-bond acceptors (Lipinski definition) is 8. The van der Waals surface area contributed by atoms with E-state index >= 15 is 0 Å². The molecule has 222 valence electrons. The van der Waals surface area contributed by atoms with Gasteiger partial charge in [-0.1, -0.05) is 13.8 Å². The predicted octanol–water partition coefficient (Wildman–Crippen LogP) is -4.12. The number of carbonyl (C=O) groups excluding carboxylic acids is 4. The molecule has 17 nitrogen and oxygen atoms in total. The summed E-state index contributed by atoms with van der Waals surface area (Å²) < 4.78 is 0. The van der Waals surface area contributed by atoms with Crippen molar-refractivity contribution in [3.63, 3.8) is 0 Å². The summed E-state index contributed by atoms with van der Waals surface area (Å²) in [4.78, 5) is 69.1. The Kier molecular flexibility index (Phi) is 16.2. The van der Waals surface area contributed by atoms with Crippen LogP contribution < -0.4 is 50.4 Å². The fourth-order valence-electron chi connectivity index (χ4n) is 3.38. The first-order chi connectivity index (χ1) is 18.1. The quantitative estimate of drug-likeness (QED) is 0.0413. The van der Waals surface area contributed by atoms with Crippen LogP contribution in [0.4, 0.5) is 0 Å². The molecule has 0 aliphatic rings. The molecule has 0 heterocycles.